The van der Waals surface area contributed by atoms with Crippen LogP contribution in [0.4, 0.5) is 5.69 Å². The molecule has 1 N–H and O–H groups in total. The third kappa shape index (κ3) is 4.09. The van der Waals surface area contributed by atoms with Gasteiger partial charge in [-0.2, -0.15) is 4.98 Å². The Morgan fingerprint density at radius 1 is 1.00 bits per heavy atom. The molecule has 0 saturated heterocycles. The quantitative estimate of drug-likeness (QED) is 0.516. The Hall–Kier alpha value is -3.47. The molecule has 5 nitrogen and oxygen atoms in total. The molecule has 0 unspecified atom stereocenters. The number of benzene rings is 3. The minimum absolute atomic E-state index is 0.0812. The molecule has 0 spiro atoms. The van der Waals surface area contributed by atoms with E-state index >= 15 is 0 Å². The SMILES string of the molecule is CCc1ccc(-c2noc(CCC(=O)Nc3ccc4ccccc4c3)n2)cc1. The smallest absolute Gasteiger partial charge is 0.227 e. The normalized spacial score (nSPS) is 10.9. The van der Waals surface area contributed by atoms with Crippen molar-refractivity contribution in [1.82, 2.24) is 10.1 Å². The number of fused-ring (bicyclic) bond motifs is 1. The minimum Gasteiger partial charge on any atom is -0.339 e. The van der Waals surface area contributed by atoms with E-state index in [9.17, 15) is 4.79 Å². The summed E-state index contributed by atoms with van der Waals surface area (Å²) in [6, 6.07) is 22.0. The van der Waals surface area contributed by atoms with E-state index in [1.165, 1.54) is 5.56 Å². The van der Waals surface area contributed by atoms with E-state index in [4.69, 9.17) is 4.52 Å². The van der Waals surface area contributed by atoms with Crippen LogP contribution in [0.3, 0.4) is 0 Å². The number of anilines is 1. The van der Waals surface area contributed by atoms with Crippen LogP contribution >= 0.6 is 0 Å². The molecule has 4 rings (SSSR count). The number of rotatable bonds is 6. The third-order valence-electron chi connectivity index (χ3n) is 4.69. The van der Waals surface area contributed by atoms with Gasteiger partial charge in [0.2, 0.25) is 17.6 Å². The van der Waals surface area contributed by atoms with Crippen LogP contribution in [0, 0.1) is 0 Å². The number of aryl methyl sites for hydroxylation is 2. The number of amides is 1. The molecule has 1 amide bonds. The number of hydrogen-bond acceptors (Lipinski definition) is 4. The summed E-state index contributed by atoms with van der Waals surface area (Å²) in [6.07, 6.45) is 1.67. The highest BCUT2D eigenvalue weighted by atomic mass is 16.5. The van der Waals surface area contributed by atoms with Gasteiger partial charge in [0.25, 0.3) is 0 Å². The maximum atomic E-state index is 12.3. The van der Waals surface area contributed by atoms with Crippen molar-refractivity contribution >= 4 is 22.4 Å². The number of carbonyl (C=O) groups excluding carboxylic acids is 1. The van der Waals surface area contributed by atoms with E-state index in [-0.39, 0.29) is 12.3 Å². The number of nitrogens with one attached hydrogen (secondary N) is 1. The van der Waals surface area contributed by atoms with Gasteiger partial charge in [0.1, 0.15) is 0 Å². The number of nitrogens with zero attached hydrogens (tertiary/aromatic N) is 2. The first-order valence-corrected chi connectivity index (χ1v) is 9.42. The predicted molar refractivity (Wildman–Crippen MR) is 110 cm³/mol. The van der Waals surface area contributed by atoms with Gasteiger partial charge >= 0.3 is 0 Å². The first-order valence-electron chi connectivity index (χ1n) is 9.42. The lowest BCUT2D eigenvalue weighted by Gasteiger charge is -2.05. The van der Waals surface area contributed by atoms with Crippen LogP contribution in [0.2, 0.25) is 0 Å². The fourth-order valence-electron chi connectivity index (χ4n) is 3.07. The average molecular weight is 371 g/mol. The molecule has 0 saturated carbocycles. The summed E-state index contributed by atoms with van der Waals surface area (Å²) in [4.78, 5) is 16.7. The van der Waals surface area contributed by atoms with Crippen LogP contribution in [0.5, 0.6) is 0 Å². The molecule has 4 aromatic rings. The van der Waals surface area contributed by atoms with Crippen LogP contribution in [-0.2, 0) is 17.6 Å². The van der Waals surface area contributed by atoms with Gasteiger partial charge < -0.3 is 9.84 Å². The lowest BCUT2D eigenvalue weighted by Crippen LogP contribution is -2.12. The summed E-state index contributed by atoms with van der Waals surface area (Å²) in [6.45, 7) is 2.12. The second-order valence-corrected chi connectivity index (χ2v) is 6.67. The first-order chi connectivity index (χ1) is 13.7. The molecule has 0 aliphatic heterocycles. The van der Waals surface area contributed by atoms with Crippen molar-refractivity contribution in [3.05, 3.63) is 78.2 Å². The molecule has 0 aliphatic rings. The van der Waals surface area contributed by atoms with Gasteiger partial charge in [-0.1, -0.05) is 66.7 Å². The molecule has 3 aromatic carbocycles. The maximum absolute atomic E-state index is 12.3. The van der Waals surface area contributed by atoms with Crippen molar-refractivity contribution in [3.63, 3.8) is 0 Å². The van der Waals surface area contributed by atoms with Crippen molar-refractivity contribution in [2.24, 2.45) is 0 Å². The molecule has 140 valence electrons. The van der Waals surface area contributed by atoms with E-state index in [0.29, 0.717) is 18.1 Å². The van der Waals surface area contributed by atoms with Crippen LogP contribution in [0.1, 0.15) is 24.8 Å². The van der Waals surface area contributed by atoms with Crippen LogP contribution in [0.25, 0.3) is 22.2 Å². The van der Waals surface area contributed by atoms with E-state index in [1.807, 2.05) is 54.6 Å². The monoisotopic (exact) mass is 371 g/mol. The van der Waals surface area contributed by atoms with Crippen molar-refractivity contribution < 1.29 is 9.32 Å². The lowest BCUT2D eigenvalue weighted by atomic mass is 10.1. The van der Waals surface area contributed by atoms with Gasteiger partial charge in [-0.25, -0.2) is 0 Å². The Morgan fingerprint density at radius 3 is 2.57 bits per heavy atom. The summed E-state index contributed by atoms with van der Waals surface area (Å²) >= 11 is 0. The van der Waals surface area contributed by atoms with Crippen molar-refractivity contribution in [3.8, 4) is 11.4 Å². The lowest BCUT2D eigenvalue weighted by molar-refractivity contribution is -0.116. The number of aromatic nitrogens is 2. The second kappa shape index (κ2) is 8.05. The molecule has 1 heterocycles. The molecular weight excluding hydrogens is 350 g/mol. The Balaban J connectivity index is 1.36. The largest absolute Gasteiger partial charge is 0.339 e. The summed E-state index contributed by atoms with van der Waals surface area (Å²) in [5, 5.41) is 9.18. The van der Waals surface area contributed by atoms with Crippen molar-refractivity contribution in [2.75, 3.05) is 5.32 Å². The third-order valence-corrected chi connectivity index (χ3v) is 4.69. The zero-order chi connectivity index (χ0) is 19.3. The van der Waals surface area contributed by atoms with Crippen LogP contribution in [0.15, 0.2) is 71.3 Å². The second-order valence-electron chi connectivity index (χ2n) is 6.67. The summed E-state index contributed by atoms with van der Waals surface area (Å²) in [5.41, 5.74) is 2.96. The zero-order valence-corrected chi connectivity index (χ0v) is 15.7. The molecule has 0 aliphatic carbocycles. The molecule has 28 heavy (non-hydrogen) atoms. The van der Waals surface area contributed by atoms with Gasteiger partial charge in [-0.3, -0.25) is 4.79 Å². The highest BCUT2D eigenvalue weighted by molar-refractivity contribution is 5.94. The fourth-order valence-corrected chi connectivity index (χ4v) is 3.07. The highest BCUT2D eigenvalue weighted by Crippen LogP contribution is 2.20. The fraction of sp³-hybridized carbons (Fsp3) is 0.174. The Kier molecular flexibility index (Phi) is 5.15. The van der Waals surface area contributed by atoms with Gasteiger partial charge in [0, 0.05) is 24.1 Å². The minimum atomic E-state index is -0.0812. The molecular formula is C23H21N3O2. The van der Waals surface area contributed by atoms with Crippen LogP contribution < -0.4 is 5.32 Å². The van der Waals surface area contributed by atoms with E-state index < -0.39 is 0 Å². The first kappa shape index (κ1) is 17.9. The molecule has 0 fully saturated rings. The predicted octanol–water partition coefficient (Wildman–Crippen LogP) is 5.02. The Morgan fingerprint density at radius 2 is 1.79 bits per heavy atom. The summed E-state index contributed by atoms with van der Waals surface area (Å²) in [7, 11) is 0. The molecule has 1 aromatic heterocycles. The Labute approximate surface area is 163 Å². The zero-order valence-electron chi connectivity index (χ0n) is 15.7. The summed E-state index contributed by atoms with van der Waals surface area (Å²) < 4.78 is 5.29. The van der Waals surface area contributed by atoms with Gasteiger partial charge in [0.05, 0.1) is 0 Å². The Bertz CT molecular complexity index is 1100. The van der Waals surface area contributed by atoms with Gasteiger partial charge in [0.15, 0.2) is 0 Å². The topological polar surface area (TPSA) is 68.0 Å². The average Bonchev–Trinajstić information content (AvgIpc) is 3.21. The highest BCUT2D eigenvalue weighted by Gasteiger charge is 2.11. The van der Waals surface area contributed by atoms with E-state index in [0.717, 1.165) is 28.4 Å². The van der Waals surface area contributed by atoms with Crippen molar-refractivity contribution in [2.45, 2.75) is 26.2 Å². The van der Waals surface area contributed by atoms with Gasteiger partial charge in [-0.15, -0.1) is 0 Å². The van der Waals surface area contributed by atoms with Gasteiger partial charge in [-0.05, 0) is 34.9 Å². The van der Waals surface area contributed by atoms with Crippen LogP contribution in [-0.4, -0.2) is 16.0 Å². The maximum Gasteiger partial charge on any atom is 0.227 e. The number of hydrogen-bond donors (Lipinski definition) is 1. The van der Waals surface area contributed by atoms with E-state index in [1.54, 1.807) is 0 Å². The molecule has 0 bridgehead atoms. The number of carbonyl (C=O) groups is 1. The molecule has 0 radical (unpaired) electrons. The summed E-state index contributed by atoms with van der Waals surface area (Å²) in [5.74, 6) is 0.929. The van der Waals surface area contributed by atoms with Crippen molar-refractivity contribution in [1.29, 1.82) is 0 Å². The molecule has 5 heteroatoms. The standard InChI is InChI=1S/C23H21N3O2/c1-2-16-7-9-18(10-8-16)23-25-22(28-26-23)14-13-21(27)24-20-12-11-17-5-3-4-6-19(17)15-20/h3-12,15H,2,13-14H2,1H3,(H,24,27). The molecule has 0 atom stereocenters. The van der Waals surface area contributed by atoms with E-state index in [2.05, 4.69) is 34.5 Å².